The van der Waals surface area contributed by atoms with Crippen LogP contribution < -0.4 is 71.6 Å². The van der Waals surface area contributed by atoms with Crippen molar-refractivity contribution in [2.45, 2.75) is 155 Å². The third kappa shape index (κ3) is 15.6. The number of carbonyl (C=O) groups excluding carboxylic acids is 9. The Balaban J connectivity index is 0.555. The van der Waals surface area contributed by atoms with E-state index in [1.807, 2.05) is 64.5 Å². The third-order valence-electron chi connectivity index (χ3n) is 21.3. The lowest BCUT2D eigenvalue weighted by molar-refractivity contribution is -0.132. The molecule has 9 N–H and O–H groups in total. The third-order valence-corrected chi connectivity index (χ3v) is 21.3. The number of aliphatic hydroxyl groups is 1. The topological polar surface area (TPSA) is 332 Å². The van der Waals surface area contributed by atoms with E-state index >= 15 is 0 Å². The van der Waals surface area contributed by atoms with Crippen LogP contribution >= 0.6 is 0 Å². The quantitative estimate of drug-likeness (QED) is 0.0254. The zero-order valence-corrected chi connectivity index (χ0v) is 60.3. The van der Waals surface area contributed by atoms with E-state index in [-0.39, 0.29) is 90.6 Å². The summed E-state index contributed by atoms with van der Waals surface area (Å²) < 4.78 is 29.9. The molecule has 28 heteroatoms. The van der Waals surface area contributed by atoms with Crippen molar-refractivity contribution in [2.75, 3.05) is 80.6 Å². The second-order valence-corrected chi connectivity index (χ2v) is 29.4. The highest BCUT2D eigenvalue weighted by Crippen LogP contribution is 2.58. The van der Waals surface area contributed by atoms with Gasteiger partial charge in [0.15, 0.2) is 29.2 Å². The summed E-state index contributed by atoms with van der Waals surface area (Å²) in [7, 11) is 3.03. The largest absolute Gasteiger partial charge is 0.493 e. The second-order valence-electron chi connectivity index (χ2n) is 29.4. The lowest BCUT2D eigenvalue weighted by Crippen LogP contribution is -2.55. The summed E-state index contributed by atoms with van der Waals surface area (Å²) in [5.74, 6) is -2.67. The van der Waals surface area contributed by atoms with E-state index < -0.39 is 79.0 Å². The van der Waals surface area contributed by atoms with E-state index in [2.05, 4.69) is 56.7 Å². The van der Waals surface area contributed by atoms with Gasteiger partial charge < -0.3 is 80.8 Å². The van der Waals surface area contributed by atoms with Crippen molar-refractivity contribution in [3.05, 3.63) is 130 Å². The normalized spacial score (nSPS) is 19.5. The van der Waals surface area contributed by atoms with Crippen molar-refractivity contribution in [1.29, 1.82) is 0 Å². The molecule has 5 atom stereocenters. The molecule has 556 valence electrons. The molecule has 0 aromatic heterocycles. The molecule has 0 bridgehead atoms. The van der Waals surface area contributed by atoms with E-state index in [0.717, 1.165) is 64.5 Å². The monoisotopic (exact) mass is 1440 g/mol. The van der Waals surface area contributed by atoms with Gasteiger partial charge in [0, 0.05) is 73.5 Å². The zero-order chi connectivity index (χ0) is 74.0. The standard InChI is InChI=1S/C77H93N13O15/c1-44(2)67(83-65(93)39-80-64(92)38-79-63(91)23-24-66(94)86-40-48-15-9-10-16-51(48)68-69(90(45(3)4)85-84-68)52-17-11-12-18-56(52)86)71(96)81-46(5)70(95)82-49-21-19-47(20-22-49)41-105-75(100)89-57-34-62(60(102-7)32-54(57)73(98)88-43-77(27-28-77)36-58(88)74(89)99)104-30-14-8-13-29-103-61-33-55-53(31-59(61)101-6)72(97)87-42-76(25-26-76)35-50(87)37-78-55/h9-12,15-22,31-34,44-46,50,58,67,74,78,84-85,99H,8,13-14,23-30,35-43H2,1-7H3,(H,79,91)(H,80,92)(H,81,96)(H,82,95)(H,83,93)/t46-,50-,58-,67-,74?/m0/s1. The first-order chi connectivity index (χ1) is 50.5. The average molecular weight is 1440 g/mol. The van der Waals surface area contributed by atoms with Crippen LogP contribution in [0.1, 0.15) is 148 Å². The van der Waals surface area contributed by atoms with Crippen molar-refractivity contribution in [3.8, 4) is 23.0 Å². The zero-order valence-electron chi connectivity index (χ0n) is 60.3. The van der Waals surface area contributed by atoms with Crippen molar-refractivity contribution in [1.82, 2.24) is 47.0 Å². The number of nitrogens with one attached hydrogen (secondary N) is 8. The minimum Gasteiger partial charge on any atom is -0.493 e. The van der Waals surface area contributed by atoms with Gasteiger partial charge in [-0.05, 0) is 137 Å². The van der Waals surface area contributed by atoms with Crippen LogP contribution in [0.25, 0.3) is 11.4 Å². The van der Waals surface area contributed by atoms with Crippen molar-refractivity contribution in [3.63, 3.8) is 0 Å². The molecule has 5 aromatic carbocycles. The number of carbonyl (C=O) groups is 9. The highest BCUT2D eigenvalue weighted by Gasteiger charge is 2.58. The van der Waals surface area contributed by atoms with Gasteiger partial charge in [0.05, 0.1) is 92.7 Å². The van der Waals surface area contributed by atoms with Gasteiger partial charge in [-0.15, -0.1) is 5.53 Å². The summed E-state index contributed by atoms with van der Waals surface area (Å²) in [6.45, 7) is 10.5. The minimum absolute atomic E-state index is 0.0187. The molecule has 28 nitrogen and oxygen atoms in total. The van der Waals surface area contributed by atoms with Gasteiger partial charge >= 0.3 is 6.09 Å². The molecule has 6 heterocycles. The molecule has 2 saturated heterocycles. The van der Waals surface area contributed by atoms with Gasteiger partial charge in [-0.25, -0.2) is 9.69 Å². The first-order valence-electron chi connectivity index (χ1n) is 36.3. The van der Waals surface area contributed by atoms with Crippen LogP contribution in [0.4, 0.5) is 27.5 Å². The molecular formula is C77H93N13O15. The SMILES string of the molecule is COc1cc2c(cc1OCCCCCOc1cc3c(cc1OC)C(=O)N1CC4(CC4)C[C@H]1C(O)N3C(=O)OCc1ccc(NC(=O)[C@H](C)NC(=O)[C@@H](NC(=O)CNC(=O)CNC(=O)CCC(=O)N3Cc4ccccc4C4=C(c5ccccc53)N(C(C)C)NN4)C(C)C)cc1)NC[C@@H]1CC3(CC3)CN1C2=O. The predicted octanol–water partition coefficient (Wildman–Crippen LogP) is 6.92. The van der Waals surface area contributed by atoms with Crippen LogP contribution in [-0.2, 0) is 46.7 Å². The smallest absolute Gasteiger partial charge is 0.416 e. The van der Waals surface area contributed by atoms with Crippen molar-refractivity contribution < 1.29 is 71.9 Å². The maximum absolute atomic E-state index is 14.5. The van der Waals surface area contributed by atoms with Crippen LogP contribution in [0.2, 0.25) is 0 Å². The molecule has 5 aromatic rings. The summed E-state index contributed by atoms with van der Waals surface area (Å²) >= 11 is 0. The first-order valence-corrected chi connectivity index (χ1v) is 36.3. The summed E-state index contributed by atoms with van der Waals surface area (Å²) in [6.07, 6.45) is 4.96. The first kappa shape index (κ1) is 72.7. The van der Waals surface area contributed by atoms with Crippen LogP contribution in [0, 0.1) is 16.7 Å². The molecule has 2 spiro atoms. The number of amides is 9. The van der Waals surface area contributed by atoms with E-state index in [0.29, 0.717) is 84.8 Å². The molecule has 0 radical (unpaired) electrons. The van der Waals surface area contributed by atoms with E-state index in [9.17, 15) is 48.3 Å². The van der Waals surface area contributed by atoms with Crippen LogP contribution in [0.5, 0.6) is 23.0 Å². The maximum atomic E-state index is 14.5. The molecule has 2 saturated carbocycles. The van der Waals surface area contributed by atoms with Crippen molar-refractivity contribution in [2.24, 2.45) is 16.7 Å². The Kier molecular flexibility index (Phi) is 21.2. The van der Waals surface area contributed by atoms with Gasteiger partial charge in [-0.1, -0.05) is 68.4 Å². The molecule has 1 unspecified atom stereocenters. The number of fused-ring (bicyclic) bond motifs is 8. The summed E-state index contributed by atoms with van der Waals surface area (Å²) in [5.41, 5.74) is 14.3. The maximum Gasteiger partial charge on any atom is 0.416 e. The molecule has 105 heavy (non-hydrogen) atoms. The average Bonchev–Trinajstić information content (AvgIpc) is 1.59. The molecule has 13 rings (SSSR count). The van der Waals surface area contributed by atoms with E-state index in [4.69, 9.17) is 23.7 Å². The number of nitrogens with zero attached hydrogens (tertiary/aromatic N) is 5. The highest BCUT2D eigenvalue weighted by atomic mass is 16.6. The molecule has 9 amide bonds. The molecule has 2 aliphatic carbocycles. The number of anilines is 4. The van der Waals surface area contributed by atoms with Gasteiger partial charge in [0.2, 0.25) is 35.4 Å². The van der Waals surface area contributed by atoms with E-state index in [1.165, 1.54) is 32.9 Å². The van der Waals surface area contributed by atoms with Gasteiger partial charge in [0.25, 0.3) is 11.8 Å². The molecule has 8 aliphatic rings. The van der Waals surface area contributed by atoms with Gasteiger partial charge in [-0.3, -0.25) is 43.4 Å². The number of aliphatic hydroxyl groups excluding tert-OH is 1. The van der Waals surface area contributed by atoms with Crippen LogP contribution in [0.15, 0.2) is 97.1 Å². The molecule has 4 fully saturated rings. The Labute approximate surface area is 609 Å². The number of ether oxygens (including phenoxy) is 5. The number of hydrogen-bond donors (Lipinski definition) is 9. The lowest BCUT2D eigenvalue weighted by atomic mass is 9.95. The van der Waals surface area contributed by atoms with Crippen LogP contribution in [0.3, 0.4) is 0 Å². The van der Waals surface area contributed by atoms with Crippen molar-refractivity contribution >= 4 is 87.5 Å². The van der Waals surface area contributed by atoms with Gasteiger partial charge in [-0.2, -0.15) is 0 Å². The molecule has 6 aliphatic heterocycles. The fraction of sp³-hybridized carbons (Fsp3) is 0.468. The Morgan fingerprint density at radius 1 is 0.648 bits per heavy atom. The fourth-order valence-corrected chi connectivity index (χ4v) is 15.0. The highest BCUT2D eigenvalue weighted by molar-refractivity contribution is 6.07. The summed E-state index contributed by atoms with van der Waals surface area (Å²) in [6, 6.07) is 25.9. The fourth-order valence-electron chi connectivity index (χ4n) is 15.0. The summed E-state index contributed by atoms with van der Waals surface area (Å²) in [5, 5.41) is 30.7. The number of methoxy groups -OCH3 is 2. The second kappa shape index (κ2) is 30.6. The lowest BCUT2D eigenvalue weighted by Gasteiger charge is -2.32. The number of para-hydroxylation sites is 1. The predicted molar refractivity (Wildman–Crippen MR) is 389 cm³/mol. The van der Waals surface area contributed by atoms with Crippen LogP contribution in [-0.4, -0.2) is 170 Å². The number of benzene rings is 5. The molecular weight excluding hydrogens is 1350 g/mol. The van der Waals surface area contributed by atoms with E-state index in [1.54, 1.807) is 67.2 Å². The Morgan fingerprint density at radius 2 is 1.29 bits per heavy atom. The number of hydrazine groups is 2. The Hall–Kier alpha value is -10.6. The minimum atomic E-state index is -1.47. The Bertz CT molecular complexity index is 4250. The number of unbranched alkanes of at least 4 members (excludes halogenated alkanes) is 2. The number of hydrogen-bond acceptors (Lipinski definition) is 19. The van der Waals surface area contributed by atoms with Gasteiger partial charge in [0.1, 0.15) is 18.7 Å². The number of rotatable bonds is 26. The Morgan fingerprint density at radius 3 is 1.98 bits per heavy atom. The summed E-state index contributed by atoms with van der Waals surface area (Å²) in [4.78, 5) is 129.